The lowest BCUT2D eigenvalue weighted by Gasteiger charge is -2.13. The monoisotopic (exact) mass is 145 g/mol. The van der Waals surface area contributed by atoms with E-state index in [2.05, 4.69) is 0 Å². The van der Waals surface area contributed by atoms with Crippen LogP contribution in [0, 0.1) is 5.92 Å². The maximum Gasteiger partial charge on any atom is 0.307 e. The first kappa shape index (κ1) is 9.43. The molecule has 10 heavy (non-hydrogen) atoms. The van der Waals surface area contributed by atoms with E-state index in [0.717, 1.165) is 12.8 Å². The van der Waals surface area contributed by atoms with Gasteiger partial charge < -0.3 is 10.8 Å². The van der Waals surface area contributed by atoms with E-state index in [-0.39, 0.29) is 6.04 Å². The van der Waals surface area contributed by atoms with Crippen LogP contribution in [0.25, 0.3) is 0 Å². The molecule has 0 heterocycles. The van der Waals surface area contributed by atoms with Gasteiger partial charge in [0, 0.05) is 6.04 Å². The van der Waals surface area contributed by atoms with Crippen molar-refractivity contribution in [1.29, 1.82) is 0 Å². The van der Waals surface area contributed by atoms with Gasteiger partial charge in [0.15, 0.2) is 0 Å². The highest BCUT2D eigenvalue weighted by atomic mass is 16.4. The summed E-state index contributed by atoms with van der Waals surface area (Å²) in [5.74, 6) is -1.22. The standard InChI is InChI=1S/C7H15NO2/c1-3-4-6(8)5(2)7(9)10/h5-6H,3-4,8H2,1-2H3,(H,9,10)/t5?,6-/m1/s1. The van der Waals surface area contributed by atoms with Crippen molar-refractivity contribution in [3.63, 3.8) is 0 Å². The van der Waals surface area contributed by atoms with Gasteiger partial charge in [-0.3, -0.25) is 4.79 Å². The molecule has 2 atom stereocenters. The Morgan fingerprint density at radius 3 is 2.50 bits per heavy atom. The van der Waals surface area contributed by atoms with Crippen molar-refractivity contribution < 1.29 is 9.90 Å². The number of nitrogens with two attached hydrogens (primary N) is 1. The van der Waals surface area contributed by atoms with Crippen LogP contribution in [0.2, 0.25) is 0 Å². The van der Waals surface area contributed by atoms with Gasteiger partial charge in [-0.15, -0.1) is 0 Å². The summed E-state index contributed by atoms with van der Waals surface area (Å²) in [7, 11) is 0. The normalized spacial score (nSPS) is 16.3. The van der Waals surface area contributed by atoms with Gasteiger partial charge in [-0.2, -0.15) is 0 Å². The van der Waals surface area contributed by atoms with Gasteiger partial charge in [0.2, 0.25) is 0 Å². The predicted molar refractivity (Wildman–Crippen MR) is 39.7 cm³/mol. The Morgan fingerprint density at radius 1 is 1.70 bits per heavy atom. The van der Waals surface area contributed by atoms with Gasteiger partial charge >= 0.3 is 5.97 Å². The summed E-state index contributed by atoms with van der Waals surface area (Å²) in [6.45, 7) is 3.64. The summed E-state index contributed by atoms with van der Waals surface area (Å²) in [6.07, 6.45) is 1.73. The van der Waals surface area contributed by atoms with Crippen molar-refractivity contribution >= 4 is 5.97 Å². The Bertz CT molecular complexity index is 114. The molecule has 1 unspecified atom stereocenters. The number of carbonyl (C=O) groups is 1. The summed E-state index contributed by atoms with van der Waals surface area (Å²) in [5, 5.41) is 8.50. The van der Waals surface area contributed by atoms with Crippen molar-refractivity contribution in [1.82, 2.24) is 0 Å². The second kappa shape index (κ2) is 4.28. The molecular formula is C7H15NO2. The third kappa shape index (κ3) is 2.82. The summed E-state index contributed by atoms with van der Waals surface area (Å²) < 4.78 is 0. The van der Waals surface area contributed by atoms with Crippen LogP contribution in [0.5, 0.6) is 0 Å². The first-order chi connectivity index (χ1) is 4.59. The quantitative estimate of drug-likeness (QED) is 0.616. The second-order valence-electron chi connectivity index (χ2n) is 2.58. The summed E-state index contributed by atoms with van der Waals surface area (Å²) in [6, 6.07) is -0.192. The van der Waals surface area contributed by atoms with Gasteiger partial charge in [-0.25, -0.2) is 0 Å². The number of rotatable bonds is 4. The molecule has 0 aliphatic carbocycles. The number of aliphatic carboxylic acids is 1. The molecule has 0 saturated carbocycles. The molecule has 60 valence electrons. The molecule has 0 aromatic carbocycles. The fraction of sp³-hybridized carbons (Fsp3) is 0.857. The Hall–Kier alpha value is -0.570. The highest BCUT2D eigenvalue weighted by Gasteiger charge is 2.18. The average molecular weight is 145 g/mol. The maximum atomic E-state index is 10.3. The van der Waals surface area contributed by atoms with Crippen molar-refractivity contribution in [3.05, 3.63) is 0 Å². The third-order valence-corrected chi connectivity index (χ3v) is 1.65. The Balaban J connectivity index is 3.69. The van der Waals surface area contributed by atoms with Crippen LogP contribution in [-0.2, 0) is 4.79 Å². The lowest BCUT2D eigenvalue weighted by Crippen LogP contribution is -2.33. The van der Waals surface area contributed by atoms with Crippen molar-refractivity contribution in [2.24, 2.45) is 11.7 Å². The van der Waals surface area contributed by atoms with Crippen LogP contribution >= 0.6 is 0 Å². The van der Waals surface area contributed by atoms with Gasteiger partial charge in [0.05, 0.1) is 5.92 Å². The van der Waals surface area contributed by atoms with Crippen LogP contribution in [0.1, 0.15) is 26.7 Å². The largest absolute Gasteiger partial charge is 0.481 e. The van der Waals surface area contributed by atoms with Crippen molar-refractivity contribution in [3.8, 4) is 0 Å². The molecule has 3 nitrogen and oxygen atoms in total. The topological polar surface area (TPSA) is 63.3 Å². The van der Waals surface area contributed by atoms with Crippen LogP contribution in [0.4, 0.5) is 0 Å². The summed E-state index contributed by atoms with van der Waals surface area (Å²) in [5.41, 5.74) is 5.55. The Morgan fingerprint density at radius 2 is 2.20 bits per heavy atom. The average Bonchev–Trinajstić information content (AvgIpc) is 1.87. The first-order valence-electron chi connectivity index (χ1n) is 3.58. The van der Waals surface area contributed by atoms with Crippen LogP contribution < -0.4 is 5.73 Å². The number of hydrogen-bond donors (Lipinski definition) is 2. The zero-order valence-corrected chi connectivity index (χ0v) is 6.50. The van der Waals surface area contributed by atoms with Crippen molar-refractivity contribution in [2.75, 3.05) is 0 Å². The highest BCUT2D eigenvalue weighted by molar-refractivity contribution is 5.70. The minimum atomic E-state index is -0.805. The van der Waals surface area contributed by atoms with E-state index in [1.54, 1.807) is 6.92 Å². The summed E-state index contributed by atoms with van der Waals surface area (Å²) in [4.78, 5) is 10.3. The Labute approximate surface area is 61.2 Å². The zero-order chi connectivity index (χ0) is 8.15. The molecule has 0 amide bonds. The number of hydrogen-bond acceptors (Lipinski definition) is 2. The first-order valence-corrected chi connectivity index (χ1v) is 3.58. The fourth-order valence-corrected chi connectivity index (χ4v) is 0.766. The van der Waals surface area contributed by atoms with E-state index in [1.165, 1.54) is 0 Å². The molecule has 0 aromatic rings. The molecule has 0 rings (SSSR count). The molecule has 0 spiro atoms. The van der Waals surface area contributed by atoms with Crippen molar-refractivity contribution in [2.45, 2.75) is 32.7 Å². The van der Waals surface area contributed by atoms with E-state index in [0.29, 0.717) is 0 Å². The van der Waals surface area contributed by atoms with Crippen LogP contribution in [0.15, 0.2) is 0 Å². The molecule has 0 saturated heterocycles. The molecular weight excluding hydrogens is 130 g/mol. The zero-order valence-electron chi connectivity index (χ0n) is 6.50. The van der Waals surface area contributed by atoms with Gasteiger partial charge in [0.1, 0.15) is 0 Å². The molecule has 0 aromatic heterocycles. The molecule has 3 heteroatoms. The van der Waals surface area contributed by atoms with Gasteiger partial charge in [0.25, 0.3) is 0 Å². The number of carboxylic acid groups (broad SMARTS) is 1. The lowest BCUT2D eigenvalue weighted by atomic mass is 9.99. The Kier molecular flexibility index (Phi) is 4.03. The molecule has 0 radical (unpaired) electrons. The lowest BCUT2D eigenvalue weighted by molar-refractivity contribution is -0.141. The van der Waals surface area contributed by atoms with E-state index in [4.69, 9.17) is 10.8 Å². The highest BCUT2D eigenvalue weighted by Crippen LogP contribution is 2.05. The minimum Gasteiger partial charge on any atom is -0.481 e. The van der Waals surface area contributed by atoms with E-state index < -0.39 is 11.9 Å². The van der Waals surface area contributed by atoms with E-state index in [9.17, 15) is 4.79 Å². The number of carboxylic acids is 1. The molecule has 0 fully saturated rings. The molecule has 0 aliphatic heterocycles. The third-order valence-electron chi connectivity index (χ3n) is 1.65. The van der Waals surface area contributed by atoms with Gasteiger partial charge in [-0.1, -0.05) is 20.3 Å². The minimum absolute atomic E-state index is 0.192. The van der Waals surface area contributed by atoms with Gasteiger partial charge in [-0.05, 0) is 6.42 Å². The smallest absolute Gasteiger partial charge is 0.307 e. The maximum absolute atomic E-state index is 10.3. The molecule has 3 N–H and O–H groups in total. The predicted octanol–water partition coefficient (Wildman–Crippen LogP) is 0.835. The summed E-state index contributed by atoms with van der Waals surface area (Å²) >= 11 is 0. The van der Waals surface area contributed by atoms with E-state index >= 15 is 0 Å². The SMILES string of the molecule is CCC[C@@H](N)C(C)C(=O)O. The fourth-order valence-electron chi connectivity index (χ4n) is 0.766. The van der Waals surface area contributed by atoms with Crippen LogP contribution in [0.3, 0.4) is 0 Å². The second-order valence-corrected chi connectivity index (χ2v) is 2.58. The van der Waals surface area contributed by atoms with E-state index in [1.807, 2.05) is 6.92 Å². The molecule has 0 aliphatic rings. The van der Waals surface area contributed by atoms with Crippen LogP contribution in [-0.4, -0.2) is 17.1 Å². The molecule has 0 bridgehead atoms.